The molecule has 312 valence electrons. The molecule has 0 atom stereocenters. The van der Waals surface area contributed by atoms with Gasteiger partial charge in [0.25, 0.3) is 11.8 Å². The highest BCUT2D eigenvalue weighted by molar-refractivity contribution is 6.11. The zero-order valence-corrected chi connectivity index (χ0v) is 34.0. The van der Waals surface area contributed by atoms with Crippen molar-refractivity contribution in [2.45, 2.75) is 65.0 Å². The maximum atomic E-state index is 13.9. The molecule has 0 spiro atoms. The van der Waals surface area contributed by atoms with Crippen LogP contribution in [-0.2, 0) is 33.7 Å². The summed E-state index contributed by atoms with van der Waals surface area (Å²) in [6.45, 7) is 8.07. The molecule has 0 radical (unpaired) electrons. The number of morpholine rings is 1. The number of aryl methyl sites for hydroxylation is 2. The number of benzene rings is 3. The molecule has 4 N–H and O–H groups in total. The monoisotopic (exact) mass is 806 g/mol. The lowest BCUT2D eigenvalue weighted by atomic mass is 10.0. The van der Waals surface area contributed by atoms with E-state index in [0.717, 1.165) is 42.4 Å². The molecule has 59 heavy (non-hydrogen) atoms. The largest absolute Gasteiger partial charge is 0.481 e. The van der Waals surface area contributed by atoms with Crippen molar-refractivity contribution in [1.29, 1.82) is 0 Å². The maximum absolute atomic E-state index is 13.9. The highest BCUT2D eigenvalue weighted by Gasteiger charge is 2.22. The van der Waals surface area contributed by atoms with Crippen LogP contribution >= 0.6 is 0 Å². The molecule has 0 unspecified atom stereocenters. The van der Waals surface area contributed by atoms with E-state index in [1.165, 1.54) is 0 Å². The van der Waals surface area contributed by atoms with Crippen molar-refractivity contribution < 1.29 is 38.9 Å². The van der Waals surface area contributed by atoms with Gasteiger partial charge in [-0.25, -0.2) is 9.78 Å². The molecule has 1 aliphatic heterocycles. The van der Waals surface area contributed by atoms with Crippen LogP contribution in [-0.4, -0.2) is 107 Å². The van der Waals surface area contributed by atoms with Gasteiger partial charge in [0, 0.05) is 63.5 Å². The van der Waals surface area contributed by atoms with E-state index in [1.54, 1.807) is 42.3 Å². The van der Waals surface area contributed by atoms with Crippen molar-refractivity contribution in [3.8, 4) is 0 Å². The fourth-order valence-electron chi connectivity index (χ4n) is 6.98. The number of rotatable bonds is 20. The average molecular weight is 807 g/mol. The number of carboxylic acids is 2. The number of pyridine rings is 1. The van der Waals surface area contributed by atoms with Crippen molar-refractivity contribution >= 4 is 46.9 Å². The zero-order chi connectivity index (χ0) is 42.3. The summed E-state index contributed by atoms with van der Waals surface area (Å²) in [7, 11) is 1.68. The number of hydrogen-bond donors (Lipinski definition) is 4. The Kier molecular flexibility index (Phi) is 16.1. The first-order valence-electron chi connectivity index (χ1n) is 20.1. The predicted molar refractivity (Wildman–Crippen MR) is 226 cm³/mol. The maximum Gasteiger partial charge on any atom is 0.335 e. The third kappa shape index (κ3) is 12.9. The molecule has 3 amide bonds. The molecule has 1 fully saturated rings. The molecule has 0 aliphatic carbocycles. The highest BCUT2D eigenvalue weighted by atomic mass is 16.5. The molecule has 0 saturated carbocycles. The van der Waals surface area contributed by atoms with Gasteiger partial charge in [-0.05, 0) is 90.9 Å². The van der Waals surface area contributed by atoms with E-state index in [1.807, 2.05) is 59.5 Å². The van der Waals surface area contributed by atoms with E-state index >= 15 is 0 Å². The van der Waals surface area contributed by atoms with Gasteiger partial charge in [0.1, 0.15) is 5.82 Å². The van der Waals surface area contributed by atoms with E-state index < -0.39 is 23.8 Å². The number of likely N-dealkylation sites (N-methyl/N-ethyl adjacent to an activating group) is 1. The van der Waals surface area contributed by atoms with Crippen molar-refractivity contribution in [3.05, 3.63) is 118 Å². The second kappa shape index (κ2) is 21.6. The molecule has 1 saturated heterocycles. The Morgan fingerprint density at radius 1 is 0.763 bits per heavy atom. The van der Waals surface area contributed by atoms with E-state index in [-0.39, 0.29) is 41.7 Å². The number of nitrogens with zero attached hydrogens (tertiary/aromatic N) is 4. The first kappa shape index (κ1) is 44.0. The van der Waals surface area contributed by atoms with Crippen molar-refractivity contribution in [1.82, 2.24) is 14.8 Å². The minimum absolute atomic E-state index is 0.0487. The second-order valence-electron chi connectivity index (χ2n) is 14.6. The van der Waals surface area contributed by atoms with Crippen LogP contribution in [0.2, 0.25) is 0 Å². The van der Waals surface area contributed by atoms with Crippen LogP contribution in [0.3, 0.4) is 0 Å². The van der Waals surface area contributed by atoms with Crippen LogP contribution in [0.15, 0.2) is 84.9 Å². The lowest BCUT2D eigenvalue weighted by Gasteiger charge is -2.32. The summed E-state index contributed by atoms with van der Waals surface area (Å²) in [5.41, 5.74) is 4.51. The molecule has 1 aliphatic rings. The zero-order valence-electron chi connectivity index (χ0n) is 34.0. The second-order valence-corrected chi connectivity index (χ2v) is 14.6. The summed E-state index contributed by atoms with van der Waals surface area (Å²) in [5.74, 6) is -2.47. The summed E-state index contributed by atoms with van der Waals surface area (Å²) < 4.78 is 5.51. The van der Waals surface area contributed by atoms with Crippen LogP contribution in [0.1, 0.15) is 87.4 Å². The molecule has 4 aromatic rings. The van der Waals surface area contributed by atoms with Crippen LogP contribution in [0.25, 0.3) is 0 Å². The Labute approximate surface area is 345 Å². The van der Waals surface area contributed by atoms with Crippen molar-refractivity contribution in [2.24, 2.45) is 0 Å². The summed E-state index contributed by atoms with van der Waals surface area (Å²) in [6, 6.07) is 25.4. The minimum Gasteiger partial charge on any atom is -0.481 e. The first-order valence-corrected chi connectivity index (χ1v) is 20.1. The van der Waals surface area contributed by atoms with Gasteiger partial charge in [-0.1, -0.05) is 50.2 Å². The Balaban J connectivity index is 1.28. The Morgan fingerprint density at radius 3 is 2.05 bits per heavy atom. The number of hydrogen-bond acceptors (Lipinski definition) is 9. The summed E-state index contributed by atoms with van der Waals surface area (Å²) >= 11 is 0. The molecule has 5 rings (SSSR count). The predicted octanol–water partition coefficient (Wildman–Crippen LogP) is 6.22. The molecule has 2 heterocycles. The van der Waals surface area contributed by atoms with E-state index in [2.05, 4.69) is 29.4 Å². The first-order chi connectivity index (χ1) is 28.4. The summed E-state index contributed by atoms with van der Waals surface area (Å²) in [5, 5.41) is 24.0. The van der Waals surface area contributed by atoms with E-state index in [0.29, 0.717) is 63.0 Å². The lowest BCUT2D eigenvalue weighted by Crippen LogP contribution is -2.41. The van der Waals surface area contributed by atoms with Gasteiger partial charge >= 0.3 is 11.9 Å². The molecular formula is C45H54N6O8. The number of ether oxygens (including phenoxy) is 1. The number of carbonyl (C=O) groups is 5. The van der Waals surface area contributed by atoms with Gasteiger partial charge in [0.2, 0.25) is 5.91 Å². The number of aromatic nitrogens is 1. The number of carboxylic acid groups (broad SMARTS) is 2. The molecule has 14 nitrogen and oxygen atoms in total. The normalized spacial score (nSPS) is 12.7. The summed E-state index contributed by atoms with van der Waals surface area (Å²) in [6.07, 6.45) is 2.98. The standard InChI is InChI=1S/C45H54N6O8/c1-4-37(5-2)51(24-23-49(3)40(52)21-22-41(53)54)30-33-7-6-8-35(29-33)43(55)47-38-19-20-39(50-25-27-59-28-26-50)48-42(38)44(56)46-36-17-13-32(14-18-36)10-9-31-11-15-34(16-12-31)45(57)58/h6-8,11-20,29,37H,4-5,9-10,21-28,30H2,1-3H3,(H,46,56)(H,47,55)(H,53,54)(H,57,58). The Bertz CT molecular complexity index is 2060. The Morgan fingerprint density at radius 2 is 1.42 bits per heavy atom. The van der Waals surface area contributed by atoms with Crippen LogP contribution in [0, 0.1) is 0 Å². The third-order valence-electron chi connectivity index (χ3n) is 10.5. The fourth-order valence-corrected chi connectivity index (χ4v) is 6.98. The van der Waals surface area contributed by atoms with Gasteiger partial charge in [-0.3, -0.25) is 24.1 Å². The molecule has 0 bridgehead atoms. The SMILES string of the molecule is CCC(CC)N(CCN(C)C(=O)CCC(=O)O)Cc1cccc(C(=O)Nc2ccc(N3CCOCC3)nc2C(=O)Nc2ccc(CCc3ccc(C(=O)O)cc3)cc2)c1. The molecule has 1 aromatic heterocycles. The van der Waals surface area contributed by atoms with Crippen LogP contribution in [0.5, 0.6) is 0 Å². The molecule has 14 heteroatoms. The van der Waals surface area contributed by atoms with E-state index in [4.69, 9.17) is 19.9 Å². The average Bonchev–Trinajstić information content (AvgIpc) is 3.25. The number of aromatic carboxylic acids is 1. The Hall–Kier alpha value is -6.12. The van der Waals surface area contributed by atoms with Gasteiger partial charge in [-0.2, -0.15) is 0 Å². The number of anilines is 3. The van der Waals surface area contributed by atoms with Gasteiger partial charge in [0.05, 0.1) is 30.9 Å². The lowest BCUT2D eigenvalue weighted by molar-refractivity contribution is -0.140. The van der Waals surface area contributed by atoms with Crippen LogP contribution < -0.4 is 15.5 Å². The van der Waals surface area contributed by atoms with Crippen molar-refractivity contribution in [3.63, 3.8) is 0 Å². The topological polar surface area (TPSA) is 182 Å². The molecule has 3 aromatic carbocycles. The smallest absolute Gasteiger partial charge is 0.335 e. The van der Waals surface area contributed by atoms with Gasteiger partial charge < -0.3 is 35.4 Å². The van der Waals surface area contributed by atoms with Crippen LogP contribution in [0.4, 0.5) is 17.2 Å². The number of carbonyl (C=O) groups excluding carboxylic acids is 3. The quantitative estimate of drug-likeness (QED) is 0.0796. The summed E-state index contributed by atoms with van der Waals surface area (Å²) in [4.78, 5) is 73.0. The number of aliphatic carboxylic acids is 1. The number of nitrogens with one attached hydrogen (secondary N) is 2. The molecular weight excluding hydrogens is 753 g/mol. The minimum atomic E-state index is -1.00. The van der Waals surface area contributed by atoms with Gasteiger partial charge in [0.15, 0.2) is 5.69 Å². The van der Waals surface area contributed by atoms with Gasteiger partial charge in [-0.15, -0.1) is 0 Å². The van der Waals surface area contributed by atoms with Crippen molar-refractivity contribution in [2.75, 3.05) is 62.0 Å². The third-order valence-corrected chi connectivity index (χ3v) is 10.5. The fraction of sp³-hybridized carbons (Fsp3) is 0.378. The van der Waals surface area contributed by atoms with E-state index in [9.17, 15) is 24.0 Å². The number of amides is 3. The highest BCUT2D eigenvalue weighted by Crippen LogP contribution is 2.24.